The summed E-state index contributed by atoms with van der Waals surface area (Å²) < 4.78 is 0. The summed E-state index contributed by atoms with van der Waals surface area (Å²) in [5.41, 5.74) is 1.32. The summed E-state index contributed by atoms with van der Waals surface area (Å²) >= 11 is 5.99. The number of aromatic amines is 1. The van der Waals surface area contributed by atoms with Gasteiger partial charge >= 0.3 is 0 Å². The molecule has 0 spiro atoms. The van der Waals surface area contributed by atoms with Crippen LogP contribution < -0.4 is 10.6 Å². The fourth-order valence-corrected chi connectivity index (χ4v) is 1.87. The summed E-state index contributed by atoms with van der Waals surface area (Å²) in [7, 11) is 1.72. The van der Waals surface area contributed by atoms with Crippen molar-refractivity contribution in [3.05, 3.63) is 40.8 Å². The van der Waals surface area contributed by atoms with Crippen molar-refractivity contribution in [3.8, 4) is 0 Å². The van der Waals surface area contributed by atoms with Crippen molar-refractivity contribution in [3.63, 3.8) is 0 Å². The van der Waals surface area contributed by atoms with Gasteiger partial charge in [-0.05, 0) is 13.0 Å². The summed E-state index contributed by atoms with van der Waals surface area (Å²) in [6, 6.07) is 1.44. The number of carbonyl (C=O) groups is 1. The summed E-state index contributed by atoms with van der Waals surface area (Å²) in [5.74, 6) is 0.312. The molecule has 0 bridgehead atoms. The zero-order valence-corrected chi connectivity index (χ0v) is 11.3. The molecule has 3 N–H and O–H groups in total. The molecule has 0 aliphatic rings. The van der Waals surface area contributed by atoms with Crippen molar-refractivity contribution < 1.29 is 4.79 Å². The molecule has 2 aromatic rings. The number of rotatable bonds is 4. The Balaban J connectivity index is 2.10. The van der Waals surface area contributed by atoms with E-state index in [-0.39, 0.29) is 11.9 Å². The Morgan fingerprint density at radius 1 is 1.47 bits per heavy atom. The van der Waals surface area contributed by atoms with Gasteiger partial charge in [-0.25, -0.2) is 4.98 Å². The highest BCUT2D eigenvalue weighted by Crippen LogP contribution is 2.20. The molecule has 2 aromatic heterocycles. The first-order valence-electron chi connectivity index (χ1n) is 5.74. The molecule has 0 aromatic carbocycles. The van der Waals surface area contributed by atoms with E-state index in [0.717, 1.165) is 5.56 Å². The number of hydrogen-bond donors (Lipinski definition) is 3. The summed E-state index contributed by atoms with van der Waals surface area (Å²) in [6.07, 6.45) is 4.88. The molecular weight excluding hydrogens is 266 g/mol. The van der Waals surface area contributed by atoms with E-state index in [1.54, 1.807) is 25.5 Å². The molecule has 0 aliphatic carbocycles. The zero-order chi connectivity index (χ0) is 13.8. The zero-order valence-electron chi connectivity index (χ0n) is 10.6. The lowest BCUT2D eigenvalue weighted by Gasteiger charge is -2.12. The van der Waals surface area contributed by atoms with Gasteiger partial charge in [0.2, 0.25) is 0 Å². The average Bonchev–Trinajstić information content (AvgIpc) is 2.92. The molecule has 1 atom stereocenters. The van der Waals surface area contributed by atoms with Crippen molar-refractivity contribution in [2.24, 2.45) is 0 Å². The molecule has 1 unspecified atom stereocenters. The fourth-order valence-electron chi connectivity index (χ4n) is 1.61. The highest BCUT2D eigenvalue weighted by Gasteiger charge is 2.13. The molecular formula is C12H14ClN5O. The molecule has 0 saturated carbocycles. The summed E-state index contributed by atoms with van der Waals surface area (Å²) in [5, 5.41) is 12.6. The largest absolute Gasteiger partial charge is 0.372 e. The minimum atomic E-state index is -0.231. The van der Waals surface area contributed by atoms with Crippen molar-refractivity contribution >= 4 is 23.3 Å². The predicted molar refractivity (Wildman–Crippen MR) is 73.3 cm³/mol. The van der Waals surface area contributed by atoms with E-state index >= 15 is 0 Å². The van der Waals surface area contributed by atoms with Gasteiger partial charge in [-0.15, -0.1) is 0 Å². The van der Waals surface area contributed by atoms with Gasteiger partial charge in [-0.2, -0.15) is 5.10 Å². The van der Waals surface area contributed by atoms with Gasteiger partial charge in [0.1, 0.15) is 5.82 Å². The first kappa shape index (κ1) is 13.4. The fraction of sp³-hybridized carbons (Fsp3) is 0.250. The van der Waals surface area contributed by atoms with E-state index < -0.39 is 0 Å². The maximum atomic E-state index is 12.0. The van der Waals surface area contributed by atoms with Gasteiger partial charge < -0.3 is 10.6 Å². The number of pyridine rings is 1. The lowest BCUT2D eigenvalue weighted by atomic mass is 10.1. The quantitative estimate of drug-likeness (QED) is 0.799. The lowest BCUT2D eigenvalue weighted by molar-refractivity contribution is 0.0939. The molecule has 2 heterocycles. The minimum Gasteiger partial charge on any atom is -0.372 e. The van der Waals surface area contributed by atoms with Crippen LogP contribution in [0.4, 0.5) is 5.82 Å². The van der Waals surface area contributed by atoms with Crippen LogP contribution in [0.5, 0.6) is 0 Å². The van der Waals surface area contributed by atoms with Gasteiger partial charge in [-0.1, -0.05) is 11.6 Å². The van der Waals surface area contributed by atoms with Gasteiger partial charge in [0.15, 0.2) is 0 Å². The van der Waals surface area contributed by atoms with Gasteiger partial charge in [0.25, 0.3) is 5.91 Å². The van der Waals surface area contributed by atoms with E-state index in [9.17, 15) is 4.79 Å². The van der Waals surface area contributed by atoms with E-state index in [0.29, 0.717) is 16.4 Å². The van der Waals surface area contributed by atoms with E-state index in [1.165, 1.54) is 6.20 Å². The molecule has 100 valence electrons. The molecule has 2 rings (SSSR count). The van der Waals surface area contributed by atoms with Crippen molar-refractivity contribution in [2.75, 3.05) is 12.4 Å². The Labute approximate surface area is 115 Å². The van der Waals surface area contributed by atoms with E-state index in [2.05, 4.69) is 25.8 Å². The third-order valence-corrected chi connectivity index (χ3v) is 3.00. The number of hydrogen-bond acceptors (Lipinski definition) is 4. The second-order valence-electron chi connectivity index (χ2n) is 4.03. The van der Waals surface area contributed by atoms with Crippen molar-refractivity contribution in [2.45, 2.75) is 13.0 Å². The summed E-state index contributed by atoms with van der Waals surface area (Å²) in [6.45, 7) is 1.87. The first-order chi connectivity index (χ1) is 9.11. The Morgan fingerprint density at radius 2 is 2.26 bits per heavy atom. The predicted octanol–water partition coefficient (Wildman–Crippen LogP) is 1.99. The average molecular weight is 280 g/mol. The van der Waals surface area contributed by atoms with Crippen LogP contribution in [0.2, 0.25) is 5.02 Å². The SMILES string of the molecule is CNc1ncc(C(=O)NC(C)c2cn[nH]c2)cc1Cl. The molecule has 0 radical (unpaired) electrons. The molecule has 19 heavy (non-hydrogen) atoms. The van der Waals surface area contributed by atoms with Crippen LogP contribution in [0.3, 0.4) is 0 Å². The van der Waals surface area contributed by atoms with Crippen molar-refractivity contribution in [1.29, 1.82) is 0 Å². The van der Waals surface area contributed by atoms with Gasteiger partial charge in [0, 0.05) is 25.0 Å². The standard InChI is InChI=1S/C12H14ClN5O/c1-7(9-5-16-17-6-9)18-12(19)8-3-10(13)11(14-2)15-4-8/h3-7H,1-2H3,(H,14,15)(H,16,17)(H,18,19). The van der Waals surface area contributed by atoms with Crippen LogP contribution >= 0.6 is 11.6 Å². The summed E-state index contributed by atoms with van der Waals surface area (Å²) in [4.78, 5) is 16.1. The van der Waals surface area contributed by atoms with Crippen LogP contribution in [0.25, 0.3) is 0 Å². The molecule has 0 aliphatic heterocycles. The number of carbonyl (C=O) groups excluding carboxylic acids is 1. The van der Waals surface area contributed by atoms with Crippen LogP contribution in [0.1, 0.15) is 28.9 Å². The van der Waals surface area contributed by atoms with Gasteiger partial charge in [0.05, 0.1) is 22.8 Å². The number of aromatic nitrogens is 3. The van der Waals surface area contributed by atoms with Crippen molar-refractivity contribution in [1.82, 2.24) is 20.5 Å². The Hall–Kier alpha value is -2.08. The number of halogens is 1. The number of amides is 1. The second kappa shape index (κ2) is 5.71. The third-order valence-electron chi connectivity index (χ3n) is 2.71. The molecule has 1 amide bonds. The molecule has 7 heteroatoms. The number of nitrogens with zero attached hydrogens (tertiary/aromatic N) is 2. The second-order valence-corrected chi connectivity index (χ2v) is 4.44. The van der Waals surface area contributed by atoms with Crippen LogP contribution in [-0.2, 0) is 0 Å². The highest BCUT2D eigenvalue weighted by atomic mass is 35.5. The Kier molecular flexibility index (Phi) is 4.01. The molecule has 6 nitrogen and oxygen atoms in total. The van der Waals surface area contributed by atoms with Crippen LogP contribution in [-0.4, -0.2) is 28.1 Å². The third kappa shape index (κ3) is 3.03. The lowest BCUT2D eigenvalue weighted by Crippen LogP contribution is -2.26. The minimum absolute atomic E-state index is 0.144. The van der Waals surface area contributed by atoms with Gasteiger partial charge in [-0.3, -0.25) is 9.89 Å². The van der Waals surface area contributed by atoms with E-state index in [1.807, 2.05) is 6.92 Å². The van der Waals surface area contributed by atoms with Crippen LogP contribution in [0.15, 0.2) is 24.7 Å². The van der Waals surface area contributed by atoms with E-state index in [4.69, 9.17) is 11.6 Å². The smallest absolute Gasteiger partial charge is 0.253 e. The van der Waals surface area contributed by atoms with Crippen LogP contribution in [0, 0.1) is 0 Å². The maximum absolute atomic E-state index is 12.0. The highest BCUT2D eigenvalue weighted by molar-refractivity contribution is 6.33. The maximum Gasteiger partial charge on any atom is 0.253 e. The topological polar surface area (TPSA) is 82.7 Å². The first-order valence-corrected chi connectivity index (χ1v) is 6.12. The number of nitrogens with one attached hydrogen (secondary N) is 3. The molecule has 0 saturated heterocycles. The number of H-pyrrole nitrogens is 1. The molecule has 0 fully saturated rings. The Morgan fingerprint density at radius 3 is 2.84 bits per heavy atom. The Bertz CT molecular complexity index is 570. The number of anilines is 1. The normalized spacial score (nSPS) is 11.9. The monoisotopic (exact) mass is 279 g/mol.